The molecule has 1 saturated heterocycles. The summed E-state index contributed by atoms with van der Waals surface area (Å²) in [4.78, 5) is 29.7. The number of guanidine groups is 1. The summed E-state index contributed by atoms with van der Waals surface area (Å²) in [5.41, 5.74) is 16.2. The second-order valence-corrected chi connectivity index (χ2v) is 8.12. The number of hydrogen-bond donors (Lipinski definition) is 4. The van der Waals surface area contributed by atoms with E-state index in [1.54, 1.807) is 24.3 Å². The molecule has 0 saturated carbocycles. The van der Waals surface area contributed by atoms with E-state index < -0.39 is 17.9 Å². The standard InChI is InChI=1S/C24H31N5O3/c1-16-6-5-7-21(29-12-3-2-4-13-29)19(16)15-27-24(26)28-22(30)18-10-8-17(9-11-18)14-20(25)23(31)32/h5-11,20H,2-4,12-15,25H2,1H3,(H,31,32)(H3,26,27,28,30)/t20-/m0/s1. The van der Waals surface area contributed by atoms with E-state index in [1.165, 1.54) is 24.9 Å². The Hall–Kier alpha value is -3.39. The maximum Gasteiger partial charge on any atom is 0.320 e. The van der Waals surface area contributed by atoms with Crippen LogP contribution in [0.2, 0.25) is 0 Å². The van der Waals surface area contributed by atoms with Crippen molar-refractivity contribution >= 4 is 23.5 Å². The summed E-state index contributed by atoms with van der Waals surface area (Å²) >= 11 is 0. The summed E-state index contributed by atoms with van der Waals surface area (Å²) in [5, 5.41) is 12.0. The minimum atomic E-state index is -1.06. The van der Waals surface area contributed by atoms with Crippen molar-refractivity contribution in [3.05, 3.63) is 64.7 Å². The number of aryl methyl sites for hydroxylation is 1. The van der Waals surface area contributed by atoms with Gasteiger partial charge in [0.15, 0.2) is 5.96 Å². The van der Waals surface area contributed by atoms with Gasteiger partial charge in [-0.05, 0) is 67.5 Å². The molecule has 0 unspecified atom stereocenters. The Morgan fingerprint density at radius 2 is 1.81 bits per heavy atom. The van der Waals surface area contributed by atoms with Gasteiger partial charge < -0.3 is 26.8 Å². The number of carboxylic acid groups (broad SMARTS) is 1. The zero-order valence-corrected chi connectivity index (χ0v) is 18.4. The summed E-state index contributed by atoms with van der Waals surface area (Å²) in [6, 6.07) is 11.8. The van der Waals surface area contributed by atoms with Crippen LogP contribution in [0, 0.1) is 6.92 Å². The van der Waals surface area contributed by atoms with E-state index in [1.807, 2.05) is 0 Å². The minimum Gasteiger partial charge on any atom is -0.480 e. The normalized spacial score (nSPS) is 15.3. The van der Waals surface area contributed by atoms with Gasteiger partial charge in [-0.3, -0.25) is 9.59 Å². The first kappa shape index (κ1) is 23.3. The molecule has 8 nitrogen and oxygen atoms in total. The van der Waals surface area contributed by atoms with Crippen molar-refractivity contribution in [1.82, 2.24) is 5.32 Å². The first-order chi connectivity index (χ1) is 15.3. The summed E-state index contributed by atoms with van der Waals surface area (Å²) in [6.07, 6.45) is 3.84. The fourth-order valence-electron chi connectivity index (χ4n) is 3.86. The van der Waals surface area contributed by atoms with Gasteiger partial charge in [0.05, 0.1) is 0 Å². The molecule has 2 aromatic carbocycles. The number of piperidine rings is 1. The summed E-state index contributed by atoms with van der Waals surface area (Å²) < 4.78 is 0. The fourth-order valence-corrected chi connectivity index (χ4v) is 3.86. The maximum absolute atomic E-state index is 12.5. The third kappa shape index (κ3) is 6.07. The number of carbonyl (C=O) groups excluding carboxylic acids is 1. The molecule has 170 valence electrons. The van der Waals surface area contributed by atoms with Crippen LogP contribution in [0.1, 0.15) is 46.3 Å². The van der Waals surface area contributed by atoms with Gasteiger partial charge in [-0.2, -0.15) is 4.99 Å². The van der Waals surface area contributed by atoms with E-state index in [0.717, 1.165) is 29.8 Å². The van der Waals surface area contributed by atoms with Crippen molar-refractivity contribution in [3.8, 4) is 0 Å². The zero-order chi connectivity index (χ0) is 23.1. The molecule has 1 fully saturated rings. The highest BCUT2D eigenvalue weighted by Crippen LogP contribution is 2.26. The molecule has 0 bridgehead atoms. The number of nitrogens with two attached hydrogens (primary N) is 2. The molecule has 2 aromatic rings. The highest BCUT2D eigenvalue weighted by atomic mass is 16.4. The van der Waals surface area contributed by atoms with Crippen LogP contribution in [0.3, 0.4) is 0 Å². The second kappa shape index (κ2) is 10.8. The van der Waals surface area contributed by atoms with Gasteiger partial charge in [0.25, 0.3) is 5.91 Å². The van der Waals surface area contributed by atoms with Crippen molar-refractivity contribution in [2.75, 3.05) is 18.0 Å². The van der Waals surface area contributed by atoms with Crippen LogP contribution in [-0.2, 0) is 17.8 Å². The molecule has 1 aliphatic rings. The lowest BCUT2D eigenvalue weighted by Crippen LogP contribution is -2.34. The number of anilines is 1. The molecule has 1 amide bonds. The van der Waals surface area contributed by atoms with Crippen molar-refractivity contribution in [2.24, 2.45) is 16.5 Å². The molecule has 6 N–H and O–H groups in total. The Labute approximate surface area is 188 Å². The number of aliphatic imine (C=N–C) groups is 1. The lowest BCUT2D eigenvalue weighted by atomic mass is 10.0. The molecule has 8 heteroatoms. The Morgan fingerprint density at radius 1 is 1.12 bits per heavy atom. The van der Waals surface area contributed by atoms with Crippen molar-refractivity contribution in [3.63, 3.8) is 0 Å². The van der Waals surface area contributed by atoms with Crippen LogP contribution in [0.4, 0.5) is 5.69 Å². The number of hydrogen-bond acceptors (Lipinski definition) is 4. The molecule has 0 aromatic heterocycles. The summed E-state index contributed by atoms with van der Waals surface area (Å²) in [6.45, 7) is 4.64. The summed E-state index contributed by atoms with van der Waals surface area (Å²) in [5.74, 6) is -1.48. The van der Waals surface area contributed by atoms with Crippen LogP contribution in [0.15, 0.2) is 47.5 Å². The van der Waals surface area contributed by atoms with Gasteiger partial charge in [-0.25, -0.2) is 0 Å². The molecule has 1 heterocycles. The number of aliphatic carboxylic acids is 1. The third-order valence-corrected chi connectivity index (χ3v) is 5.72. The summed E-state index contributed by atoms with van der Waals surface area (Å²) in [7, 11) is 0. The van der Waals surface area contributed by atoms with E-state index in [9.17, 15) is 9.59 Å². The van der Waals surface area contributed by atoms with Crippen molar-refractivity contribution in [2.45, 2.75) is 45.2 Å². The molecule has 1 aliphatic heterocycles. The molecular weight excluding hydrogens is 406 g/mol. The smallest absolute Gasteiger partial charge is 0.320 e. The van der Waals surface area contributed by atoms with Gasteiger partial charge >= 0.3 is 5.97 Å². The van der Waals surface area contributed by atoms with Gasteiger partial charge in [-0.15, -0.1) is 0 Å². The number of carbonyl (C=O) groups is 2. The monoisotopic (exact) mass is 437 g/mol. The third-order valence-electron chi connectivity index (χ3n) is 5.72. The van der Waals surface area contributed by atoms with E-state index in [4.69, 9.17) is 16.6 Å². The van der Waals surface area contributed by atoms with E-state index in [2.05, 4.69) is 40.3 Å². The molecule has 32 heavy (non-hydrogen) atoms. The quantitative estimate of drug-likeness (QED) is 0.385. The van der Waals surface area contributed by atoms with Crippen molar-refractivity contribution < 1.29 is 14.7 Å². The van der Waals surface area contributed by atoms with Crippen LogP contribution in [0.25, 0.3) is 0 Å². The number of nitrogens with zero attached hydrogens (tertiary/aromatic N) is 2. The minimum absolute atomic E-state index is 0.0554. The predicted molar refractivity (Wildman–Crippen MR) is 126 cm³/mol. The number of benzene rings is 2. The highest BCUT2D eigenvalue weighted by Gasteiger charge is 2.16. The number of amides is 1. The topological polar surface area (TPSA) is 134 Å². The molecule has 3 rings (SSSR count). The maximum atomic E-state index is 12.5. The van der Waals surface area contributed by atoms with Gasteiger partial charge in [0, 0.05) is 30.9 Å². The van der Waals surface area contributed by atoms with Crippen LogP contribution >= 0.6 is 0 Å². The van der Waals surface area contributed by atoms with E-state index >= 15 is 0 Å². The molecular formula is C24H31N5O3. The number of nitrogens with one attached hydrogen (secondary N) is 1. The average Bonchev–Trinajstić information content (AvgIpc) is 2.79. The van der Waals surface area contributed by atoms with Crippen LogP contribution in [-0.4, -0.2) is 42.1 Å². The fraction of sp³-hybridized carbons (Fsp3) is 0.375. The second-order valence-electron chi connectivity index (χ2n) is 8.12. The lowest BCUT2D eigenvalue weighted by molar-refractivity contribution is -0.138. The number of carboxylic acids is 1. The lowest BCUT2D eigenvalue weighted by Gasteiger charge is -2.31. The molecule has 1 atom stereocenters. The molecule has 0 aliphatic carbocycles. The van der Waals surface area contributed by atoms with Crippen LogP contribution < -0.4 is 21.7 Å². The Balaban J connectivity index is 1.64. The van der Waals surface area contributed by atoms with E-state index in [-0.39, 0.29) is 12.4 Å². The van der Waals surface area contributed by atoms with Crippen molar-refractivity contribution in [1.29, 1.82) is 0 Å². The van der Waals surface area contributed by atoms with E-state index in [0.29, 0.717) is 12.1 Å². The Kier molecular flexibility index (Phi) is 7.83. The van der Waals surface area contributed by atoms with Gasteiger partial charge in [0.1, 0.15) is 6.04 Å². The van der Waals surface area contributed by atoms with Crippen LogP contribution in [0.5, 0.6) is 0 Å². The number of rotatable bonds is 7. The highest BCUT2D eigenvalue weighted by molar-refractivity contribution is 6.02. The average molecular weight is 438 g/mol. The van der Waals surface area contributed by atoms with Gasteiger partial charge in [0.2, 0.25) is 0 Å². The largest absolute Gasteiger partial charge is 0.480 e. The Morgan fingerprint density at radius 3 is 2.47 bits per heavy atom. The Bertz CT molecular complexity index is 982. The zero-order valence-electron chi connectivity index (χ0n) is 18.4. The SMILES string of the molecule is Cc1cccc(N2CCCCC2)c1CN/C(N)=N/C(=O)c1ccc(C[C@H](N)C(=O)O)cc1. The predicted octanol–water partition coefficient (Wildman–Crippen LogP) is 2.18. The molecule has 0 radical (unpaired) electrons. The van der Waals surface area contributed by atoms with Gasteiger partial charge in [-0.1, -0.05) is 24.3 Å². The first-order valence-electron chi connectivity index (χ1n) is 10.9. The molecule has 0 spiro atoms. The first-order valence-corrected chi connectivity index (χ1v) is 10.9.